The molecule has 0 amide bonds. The highest BCUT2D eigenvalue weighted by Crippen LogP contribution is 2.64. The minimum absolute atomic E-state index is 0.000613. The number of fused-ring (bicyclic) bond motifs is 4. The van der Waals surface area contributed by atoms with Crippen LogP contribution in [0.25, 0.3) is 0 Å². The Morgan fingerprint density at radius 2 is 1.10 bits per heavy atom. The number of benzene rings is 2. The summed E-state index contributed by atoms with van der Waals surface area (Å²) in [5.41, 5.74) is 8.71. The monoisotopic (exact) mass is 416 g/mol. The van der Waals surface area contributed by atoms with Gasteiger partial charge in [0.2, 0.25) is 0 Å². The van der Waals surface area contributed by atoms with Crippen LogP contribution in [0, 0.1) is 13.8 Å². The summed E-state index contributed by atoms with van der Waals surface area (Å²) >= 11 is 0. The first-order valence-corrected chi connectivity index (χ1v) is 11.3. The second-order valence-corrected chi connectivity index (χ2v) is 10.7. The average molecular weight is 417 g/mol. The lowest BCUT2D eigenvalue weighted by atomic mass is 9.72. The first kappa shape index (κ1) is 21.7. The number of aryl methyl sites for hydroxylation is 2. The molecule has 0 saturated heterocycles. The van der Waals surface area contributed by atoms with E-state index in [0.29, 0.717) is 13.2 Å². The lowest BCUT2D eigenvalue weighted by Crippen LogP contribution is -2.27. The molecule has 0 aromatic heterocycles. The van der Waals surface area contributed by atoms with E-state index in [-0.39, 0.29) is 16.2 Å². The third-order valence-electron chi connectivity index (χ3n) is 7.41. The number of rotatable bonds is 6. The molecule has 2 aromatic rings. The maximum Gasteiger partial charge on any atom is 0.161 e. The van der Waals surface area contributed by atoms with E-state index in [4.69, 9.17) is 9.47 Å². The van der Waals surface area contributed by atoms with E-state index < -0.39 is 0 Å². The van der Waals surface area contributed by atoms with Crippen LogP contribution < -0.4 is 9.47 Å². The zero-order valence-electron chi connectivity index (χ0n) is 20.0. The molecule has 2 nitrogen and oxygen atoms in total. The Balaban J connectivity index is 1.97. The Hall–Kier alpha value is -2.48. The second kappa shape index (κ2) is 7.29. The molecule has 4 rings (SSSR count). The van der Waals surface area contributed by atoms with E-state index in [9.17, 15) is 0 Å². The van der Waals surface area contributed by atoms with Gasteiger partial charge in [-0.1, -0.05) is 65.1 Å². The van der Waals surface area contributed by atoms with E-state index in [0.717, 1.165) is 24.3 Å². The van der Waals surface area contributed by atoms with Crippen molar-refractivity contribution in [2.75, 3.05) is 13.2 Å². The van der Waals surface area contributed by atoms with Crippen molar-refractivity contribution in [2.45, 2.75) is 70.6 Å². The predicted octanol–water partition coefficient (Wildman–Crippen LogP) is 7.08. The topological polar surface area (TPSA) is 18.5 Å². The quantitative estimate of drug-likeness (QED) is 0.468. The van der Waals surface area contributed by atoms with Crippen LogP contribution in [0.3, 0.4) is 0 Å². The zero-order chi connectivity index (χ0) is 22.6. The first-order valence-electron chi connectivity index (χ1n) is 11.3. The van der Waals surface area contributed by atoms with Crippen molar-refractivity contribution < 1.29 is 9.47 Å². The summed E-state index contributed by atoms with van der Waals surface area (Å²) in [6.07, 6.45) is 5.77. The van der Waals surface area contributed by atoms with Gasteiger partial charge in [0.1, 0.15) is 13.2 Å². The number of hydrogen-bond acceptors (Lipinski definition) is 2. The predicted molar refractivity (Wildman–Crippen MR) is 130 cm³/mol. The number of hydrogen-bond donors (Lipinski definition) is 0. The van der Waals surface area contributed by atoms with Crippen molar-refractivity contribution in [1.82, 2.24) is 0 Å². The van der Waals surface area contributed by atoms with Crippen molar-refractivity contribution in [3.8, 4) is 11.5 Å². The molecule has 1 atom stereocenters. The highest BCUT2D eigenvalue weighted by molar-refractivity contribution is 5.64. The fraction of sp³-hybridized carbons (Fsp3) is 0.448. The molecule has 0 fully saturated rings. The molecule has 2 aliphatic rings. The van der Waals surface area contributed by atoms with Gasteiger partial charge in [0, 0.05) is 5.41 Å². The third kappa shape index (κ3) is 3.32. The molecule has 0 aliphatic heterocycles. The molecule has 0 saturated carbocycles. The van der Waals surface area contributed by atoms with Crippen molar-refractivity contribution in [1.29, 1.82) is 0 Å². The molecule has 2 aromatic carbocycles. The standard InChI is InChI=1S/C29H36O2/c1-9-11-30-25-15-22-24(16-26(25)31-12-10-2)29(18-28(22,7)8)17-27(5,6)21-13-19(3)20(4)14-23(21)29/h9-10,13-16H,1-2,11-12,17-18H2,3-8H3. The molecular formula is C29H36O2. The highest BCUT2D eigenvalue weighted by atomic mass is 16.5. The maximum absolute atomic E-state index is 6.08. The molecular weight excluding hydrogens is 380 g/mol. The summed E-state index contributed by atoms with van der Waals surface area (Å²) in [7, 11) is 0. The number of ether oxygens (including phenoxy) is 2. The molecule has 0 N–H and O–H groups in total. The van der Waals surface area contributed by atoms with Crippen LogP contribution in [-0.2, 0) is 16.2 Å². The molecule has 2 heteroatoms. The summed E-state index contributed by atoms with van der Waals surface area (Å²) in [5.74, 6) is 1.59. The Morgan fingerprint density at radius 1 is 0.710 bits per heavy atom. The van der Waals surface area contributed by atoms with Crippen LogP contribution in [0.4, 0.5) is 0 Å². The van der Waals surface area contributed by atoms with Gasteiger partial charge in [-0.05, 0) is 83.0 Å². The summed E-state index contributed by atoms with van der Waals surface area (Å²) in [6, 6.07) is 9.36. The smallest absolute Gasteiger partial charge is 0.161 e. The van der Waals surface area contributed by atoms with E-state index in [1.165, 1.54) is 33.4 Å². The van der Waals surface area contributed by atoms with Gasteiger partial charge in [-0.25, -0.2) is 0 Å². The van der Waals surface area contributed by atoms with Crippen LogP contribution in [0.5, 0.6) is 11.5 Å². The molecule has 1 unspecified atom stereocenters. The molecule has 0 heterocycles. The van der Waals surface area contributed by atoms with Gasteiger partial charge < -0.3 is 9.47 Å². The molecule has 31 heavy (non-hydrogen) atoms. The van der Waals surface area contributed by atoms with Crippen molar-refractivity contribution in [3.63, 3.8) is 0 Å². The van der Waals surface area contributed by atoms with Gasteiger partial charge in [-0.15, -0.1) is 0 Å². The van der Waals surface area contributed by atoms with E-state index >= 15 is 0 Å². The third-order valence-corrected chi connectivity index (χ3v) is 7.41. The second-order valence-electron chi connectivity index (χ2n) is 10.7. The van der Waals surface area contributed by atoms with Crippen LogP contribution >= 0.6 is 0 Å². The minimum atomic E-state index is -0.000613. The fourth-order valence-electron chi connectivity index (χ4n) is 6.10. The average Bonchev–Trinajstić information content (AvgIpc) is 3.04. The fourth-order valence-corrected chi connectivity index (χ4v) is 6.10. The Morgan fingerprint density at radius 3 is 1.58 bits per heavy atom. The van der Waals surface area contributed by atoms with Crippen LogP contribution in [0.15, 0.2) is 49.6 Å². The van der Waals surface area contributed by atoms with Crippen molar-refractivity contribution >= 4 is 0 Å². The summed E-state index contributed by atoms with van der Waals surface area (Å²) in [4.78, 5) is 0. The van der Waals surface area contributed by atoms with Gasteiger partial charge in [0.05, 0.1) is 0 Å². The van der Waals surface area contributed by atoms with Crippen LogP contribution in [-0.4, -0.2) is 13.2 Å². The molecule has 2 aliphatic carbocycles. The van der Waals surface area contributed by atoms with Gasteiger partial charge >= 0.3 is 0 Å². The zero-order valence-corrected chi connectivity index (χ0v) is 20.0. The summed E-state index contributed by atoms with van der Waals surface area (Å²) in [5, 5.41) is 0. The maximum atomic E-state index is 6.08. The van der Waals surface area contributed by atoms with Gasteiger partial charge in [0.25, 0.3) is 0 Å². The van der Waals surface area contributed by atoms with Gasteiger partial charge in [0.15, 0.2) is 11.5 Å². The van der Waals surface area contributed by atoms with E-state index in [1.807, 2.05) is 0 Å². The summed E-state index contributed by atoms with van der Waals surface area (Å²) in [6.45, 7) is 22.5. The lowest BCUT2D eigenvalue weighted by Gasteiger charge is -2.31. The first-order chi connectivity index (χ1) is 14.6. The van der Waals surface area contributed by atoms with Crippen molar-refractivity contribution in [3.05, 3.63) is 83.0 Å². The molecule has 0 radical (unpaired) electrons. The van der Waals surface area contributed by atoms with E-state index in [2.05, 4.69) is 79.0 Å². The highest BCUT2D eigenvalue weighted by Gasteiger charge is 2.56. The lowest BCUT2D eigenvalue weighted by molar-refractivity contribution is 0.307. The van der Waals surface area contributed by atoms with Gasteiger partial charge in [-0.3, -0.25) is 0 Å². The van der Waals surface area contributed by atoms with Crippen LogP contribution in [0.1, 0.15) is 73.9 Å². The van der Waals surface area contributed by atoms with Crippen molar-refractivity contribution in [2.24, 2.45) is 0 Å². The Labute approximate surface area is 188 Å². The minimum Gasteiger partial charge on any atom is -0.486 e. The SMILES string of the molecule is C=CCOc1cc2c(cc1OCC=C)C1(CC(C)(C)c3cc(C)c(C)cc31)CC2(C)C. The van der Waals surface area contributed by atoms with Crippen LogP contribution in [0.2, 0.25) is 0 Å². The Bertz CT molecular complexity index is 1060. The molecule has 0 bridgehead atoms. The molecule has 164 valence electrons. The summed E-state index contributed by atoms with van der Waals surface area (Å²) < 4.78 is 12.1. The van der Waals surface area contributed by atoms with E-state index in [1.54, 1.807) is 12.2 Å². The molecule has 1 spiro atoms. The van der Waals surface area contributed by atoms with Gasteiger partial charge in [-0.2, -0.15) is 0 Å². The Kier molecular flexibility index (Phi) is 5.11. The normalized spacial score (nSPS) is 22.1. The largest absolute Gasteiger partial charge is 0.486 e.